The van der Waals surface area contributed by atoms with Crippen LogP contribution in [-0.2, 0) is 21.2 Å². The molecule has 3 aromatic carbocycles. The molecule has 31 heavy (non-hydrogen) atoms. The van der Waals surface area contributed by atoms with Crippen LogP contribution < -0.4 is 9.21 Å². The molecule has 0 saturated heterocycles. The third kappa shape index (κ3) is 4.08. The van der Waals surface area contributed by atoms with E-state index in [-0.39, 0.29) is 23.4 Å². The van der Waals surface area contributed by atoms with Crippen molar-refractivity contribution in [3.63, 3.8) is 0 Å². The maximum Gasteiger partial charge on any atom is 0.264 e. The topological polar surface area (TPSA) is 57.7 Å². The number of hydrogen-bond acceptors (Lipinski definition) is 3. The van der Waals surface area contributed by atoms with Gasteiger partial charge in [0.05, 0.1) is 10.6 Å². The number of para-hydroxylation sites is 1. The molecule has 160 valence electrons. The number of fused-ring (bicyclic) bond motifs is 1. The third-order valence-corrected chi connectivity index (χ3v) is 7.44. The number of carbonyl (C=O) groups is 1. The van der Waals surface area contributed by atoms with Gasteiger partial charge in [-0.1, -0.05) is 48.0 Å². The van der Waals surface area contributed by atoms with Gasteiger partial charge in [0.2, 0.25) is 5.91 Å². The molecule has 0 unspecified atom stereocenters. The predicted octanol–water partition coefficient (Wildman–Crippen LogP) is 4.48. The van der Waals surface area contributed by atoms with Crippen LogP contribution in [0.4, 0.5) is 11.4 Å². The molecule has 0 aromatic heterocycles. The SMILES string of the molecule is Cc1ccc(S(=O)(=O)N(CC(=O)N2c3ccccc3C[C@@H]2C)c2cccc(C)c2)cc1. The van der Waals surface area contributed by atoms with Crippen LogP contribution in [0.15, 0.2) is 77.7 Å². The normalized spacial score (nSPS) is 15.6. The van der Waals surface area contributed by atoms with Crippen LogP contribution in [0.3, 0.4) is 0 Å². The van der Waals surface area contributed by atoms with Crippen LogP contribution in [0.25, 0.3) is 0 Å². The minimum Gasteiger partial charge on any atom is -0.307 e. The standard InChI is InChI=1S/C25H26N2O3S/c1-18-11-13-23(14-12-18)31(29,30)26(22-9-6-7-19(2)15-22)17-25(28)27-20(3)16-21-8-4-5-10-24(21)27/h4-15,20H,16-17H2,1-3H3/t20-/m0/s1. The minimum atomic E-state index is -3.92. The number of benzene rings is 3. The first-order chi connectivity index (χ1) is 14.8. The van der Waals surface area contributed by atoms with E-state index in [0.29, 0.717) is 5.69 Å². The van der Waals surface area contributed by atoms with E-state index >= 15 is 0 Å². The van der Waals surface area contributed by atoms with Crippen molar-refractivity contribution in [2.45, 2.75) is 38.1 Å². The zero-order valence-electron chi connectivity index (χ0n) is 17.9. The summed E-state index contributed by atoms with van der Waals surface area (Å²) in [5.74, 6) is -0.241. The molecule has 0 bridgehead atoms. The van der Waals surface area contributed by atoms with E-state index in [1.54, 1.807) is 47.4 Å². The van der Waals surface area contributed by atoms with Crippen molar-refractivity contribution in [2.75, 3.05) is 15.7 Å². The summed E-state index contributed by atoms with van der Waals surface area (Å²) in [6.07, 6.45) is 0.761. The summed E-state index contributed by atoms with van der Waals surface area (Å²) in [6, 6.07) is 21.7. The second-order valence-electron chi connectivity index (χ2n) is 8.11. The quantitative estimate of drug-likeness (QED) is 0.595. The lowest BCUT2D eigenvalue weighted by Gasteiger charge is -2.29. The summed E-state index contributed by atoms with van der Waals surface area (Å²) >= 11 is 0. The maximum atomic E-state index is 13.6. The van der Waals surface area contributed by atoms with E-state index in [1.165, 1.54) is 4.31 Å². The smallest absolute Gasteiger partial charge is 0.264 e. The number of nitrogens with zero attached hydrogens (tertiary/aromatic N) is 2. The summed E-state index contributed by atoms with van der Waals surface area (Å²) in [5, 5.41) is 0. The van der Waals surface area contributed by atoms with Gasteiger partial charge in [-0.05, 0) is 68.7 Å². The highest BCUT2D eigenvalue weighted by molar-refractivity contribution is 7.92. The van der Waals surface area contributed by atoms with Crippen molar-refractivity contribution >= 4 is 27.3 Å². The molecule has 1 atom stereocenters. The van der Waals surface area contributed by atoms with E-state index in [2.05, 4.69) is 0 Å². The second kappa shape index (κ2) is 8.19. The Kier molecular flexibility index (Phi) is 5.58. The van der Waals surface area contributed by atoms with Crippen molar-refractivity contribution in [1.82, 2.24) is 0 Å². The van der Waals surface area contributed by atoms with Gasteiger partial charge in [-0.2, -0.15) is 0 Å². The Balaban J connectivity index is 1.74. The monoisotopic (exact) mass is 434 g/mol. The Hall–Kier alpha value is -3.12. The van der Waals surface area contributed by atoms with Crippen LogP contribution >= 0.6 is 0 Å². The van der Waals surface area contributed by atoms with Gasteiger partial charge in [0.15, 0.2) is 0 Å². The zero-order chi connectivity index (χ0) is 22.2. The fourth-order valence-corrected chi connectivity index (χ4v) is 5.49. The van der Waals surface area contributed by atoms with Crippen molar-refractivity contribution in [2.24, 2.45) is 0 Å². The molecule has 0 saturated carbocycles. The predicted molar refractivity (Wildman–Crippen MR) is 124 cm³/mol. The van der Waals surface area contributed by atoms with Gasteiger partial charge in [-0.15, -0.1) is 0 Å². The third-order valence-electron chi connectivity index (χ3n) is 5.65. The largest absolute Gasteiger partial charge is 0.307 e. The highest BCUT2D eigenvalue weighted by atomic mass is 32.2. The molecule has 4 rings (SSSR count). The van der Waals surface area contributed by atoms with Crippen LogP contribution in [0.1, 0.15) is 23.6 Å². The number of amides is 1. The van der Waals surface area contributed by atoms with Gasteiger partial charge in [0.1, 0.15) is 6.54 Å². The van der Waals surface area contributed by atoms with Gasteiger partial charge in [-0.25, -0.2) is 8.42 Å². The Labute approximate surface area is 184 Å². The van der Waals surface area contributed by atoms with Crippen molar-refractivity contribution in [3.05, 3.63) is 89.5 Å². The second-order valence-corrected chi connectivity index (χ2v) is 9.97. The average molecular weight is 435 g/mol. The van der Waals surface area contributed by atoms with Gasteiger partial charge in [0, 0.05) is 11.7 Å². The summed E-state index contributed by atoms with van der Waals surface area (Å²) in [7, 11) is -3.92. The average Bonchev–Trinajstić information content (AvgIpc) is 3.07. The first kappa shape index (κ1) is 21.1. The lowest BCUT2D eigenvalue weighted by Crippen LogP contribution is -2.45. The van der Waals surface area contributed by atoms with Gasteiger partial charge < -0.3 is 4.90 Å². The van der Waals surface area contributed by atoms with Gasteiger partial charge in [-0.3, -0.25) is 9.10 Å². The number of aryl methyl sites for hydroxylation is 2. The number of hydrogen-bond donors (Lipinski definition) is 0. The number of sulfonamides is 1. The fourth-order valence-electron chi connectivity index (χ4n) is 4.08. The molecular weight excluding hydrogens is 408 g/mol. The first-order valence-electron chi connectivity index (χ1n) is 10.3. The molecule has 3 aromatic rings. The van der Waals surface area contributed by atoms with E-state index in [1.807, 2.05) is 51.1 Å². The molecule has 1 aliphatic heterocycles. The fraction of sp³-hybridized carbons (Fsp3) is 0.240. The lowest BCUT2D eigenvalue weighted by atomic mass is 10.1. The van der Waals surface area contributed by atoms with Gasteiger partial charge >= 0.3 is 0 Å². The molecular formula is C25H26N2O3S. The Morgan fingerprint density at radius 2 is 1.68 bits per heavy atom. The van der Waals surface area contributed by atoms with E-state index in [0.717, 1.165) is 28.8 Å². The highest BCUT2D eigenvalue weighted by Crippen LogP contribution is 2.33. The zero-order valence-corrected chi connectivity index (χ0v) is 18.8. The Morgan fingerprint density at radius 3 is 2.39 bits per heavy atom. The van der Waals surface area contributed by atoms with Crippen LogP contribution in [-0.4, -0.2) is 26.9 Å². The molecule has 0 fully saturated rings. The summed E-state index contributed by atoms with van der Waals surface area (Å²) in [5.41, 5.74) is 4.34. The molecule has 1 aliphatic rings. The first-order valence-corrected chi connectivity index (χ1v) is 11.8. The van der Waals surface area contributed by atoms with Gasteiger partial charge in [0.25, 0.3) is 10.0 Å². The number of rotatable bonds is 5. The molecule has 5 nitrogen and oxygen atoms in total. The molecule has 0 aliphatic carbocycles. The van der Waals surface area contributed by atoms with Crippen LogP contribution in [0, 0.1) is 13.8 Å². The van der Waals surface area contributed by atoms with Crippen LogP contribution in [0.5, 0.6) is 0 Å². The maximum absolute atomic E-state index is 13.6. The lowest BCUT2D eigenvalue weighted by molar-refractivity contribution is -0.117. The van der Waals surface area contributed by atoms with Crippen molar-refractivity contribution in [3.8, 4) is 0 Å². The summed E-state index contributed by atoms with van der Waals surface area (Å²) in [4.78, 5) is 15.3. The Bertz CT molecular complexity index is 1220. The molecule has 1 heterocycles. The summed E-state index contributed by atoms with van der Waals surface area (Å²) in [6.45, 7) is 5.53. The summed E-state index contributed by atoms with van der Waals surface area (Å²) < 4.78 is 28.4. The minimum absolute atomic E-state index is 0.0219. The van der Waals surface area contributed by atoms with E-state index in [4.69, 9.17) is 0 Å². The number of anilines is 2. The van der Waals surface area contributed by atoms with E-state index in [9.17, 15) is 13.2 Å². The molecule has 1 amide bonds. The van der Waals surface area contributed by atoms with Crippen LogP contribution in [0.2, 0.25) is 0 Å². The highest BCUT2D eigenvalue weighted by Gasteiger charge is 2.34. The van der Waals surface area contributed by atoms with Crippen molar-refractivity contribution in [1.29, 1.82) is 0 Å². The molecule has 6 heteroatoms. The van der Waals surface area contributed by atoms with E-state index < -0.39 is 10.0 Å². The van der Waals surface area contributed by atoms with Crippen molar-refractivity contribution < 1.29 is 13.2 Å². The molecule has 0 spiro atoms. The Morgan fingerprint density at radius 1 is 0.968 bits per heavy atom. The number of carbonyl (C=O) groups excluding carboxylic acids is 1. The molecule has 0 N–H and O–H groups in total. The molecule has 0 radical (unpaired) electrons.